The maximum atomic E-state index is 12.9. The Hall–Kier alpha value is -3.24. The maximum absolute atomic E-state index is 12.9. The summed E-state index contributed by atoms with van der Waals surface area (Å²) in [5.74, 6) is -1.25. The SMILES string of the molecule is CCC(OC)OC(=O)c1ccccc1S(=O)(=O)Nc1ccc(C2=NOC(=O)C2)cc1. The van der Waals surface area contributed by atoms with Crippen molar-refractivity contribution < 1.29 is 32.3 Å². The molecule has 0 saturated heterocycles. The first-order valence-electron chi connectivity index (χ1n) is 9.07. The summed E-state index contributed by atoms with van der Waals surface area (Å²) in [5, 5.41) is 3.67. The number of carbonyl (C=O) groups excluding carboxylic acids is 2. The number of nitrogens with zero attached hydrogens (tertiary/aromatic N) is 1. The lowest BCUT2D eigenvalue weighted by Crippen LogP contribution is -2.22. The minimum absolute atomic E-state index is 0.0563. The van der Waals surface area contributed by atoms with Crippen LogP contribution >= 0.6 is 0 Å². The summed E-state index contributed by atoms with van der Waals surface area (Å²) in [4.78, 5) is 28.0. The number of hydrogen-bond donors (Lipinski definition) is 1. The number of nitrogens with one attached hydrogen (secondary N) is 1. The van der Waals surface area contributed by atoms with E-state index in [4.69, 9.17) is 9.47 Å². The van der Waals surface area contributed by atoms with Gasteiger partial charge in [-0.25, -0.2) is 18.0 Å². The fourth-order valence-electron chi connectivity index (χ4n) is 2.75. The highest BCUT2D eigenvalue weighted by Crippen LogP contribution is 2.22. The van der Waals surface area contributed by atoms with Crippen molar-refractivity contribution in [3.63, 3.8) is 0 Å². The van der Waals surface area contributed by atoms with Gasteiger partial charge in [-0.2, -0.15) is 0 Å². The Balaban J connectivity index is 1.81. The number of esters is 1. The number of rotatable bonds is 8. The van der Waals surface area contributed by atoms with Crippen molar-refractivity contribution >= 4 is 33.4 Å². The van der Waals surface area contributed by atoms with Crippen LogP contribution in [0.1, 0.15) is 35.7 Å². The van der Waals surface area contributed by atoms with Crippen LogP contribution in [0.15, 0.2) is 58.6 Å². The molecule has 0 bridgehead atoms. The normalized spacial score (nSPS) is 14.6. The first kappa shape index (κ1) is 21.5. The minimum Gasteiger partial charge on any atom is -0.432 e. The second-order valence-electron chi connectivity index (χ2n) is 6.34. The fraction of sp³-hybridized carbons (Fsp3) is 0.250. The monoisotopic (exact) mass is 432 g/mol. The largest absolute Gasteiger partial charge is 0.432 e. The van der Waals surface area contributed by atoms with Crippen LogP contribution in [0.2, 0.25) is 0 Å². The summed E-state index contributed by atoms with van der Waals surface area (Å²) < 4.78 is 38.4. The molecule has 0 saturated carbocycles. The van der Waals surface area contributed by atoms with Crippen LogP contribution in [0, 0.1) is 0 Å². The third-order valence-corrected chi connectivity index (χ3v) is 5.71. The van der Waals surface area contributed by atoms with Gasteiger partial charge >= 0.3 is 11.9 Å². The molecule has 158 valence electrons. The molecule has 1 aliphatic heterocycles. The highest BCUT2D eigenvalue weighted by atomic mass is 32.2. The molecule has 0 radical (unpaired) electrons. The van der Waals surface area contributed by atoms with E-state index in [1.165, 1.54) is 37.4 Å². The first-order chi connectivity index (χ1) is 14.3. The van der Waals surface area contributed by atoms with Crippen LogP contribution in [0.25, 0.3) is 0 Å². The van der Waals surface area contributed by atoms with Crippen LogP contribution in [-0.2, 0) is 29.1 Å². The highest BCUT2D eigenvalue weighted by Gasteiger charge is 2.25. The van der Waals surface area contributed by atoms with Crippen molar-refractivity contribution in [3.05, 3.63) is 59.7 Å². The summed E-state index contributed by atoms with van der Waals surface area (Å²) in [6.45, 7) is 1.77. The molecule has 1 N–H and O–H groups in total. The molecule has 0 fully saturated rings. The van der Waals surface area contributed by atoms with Crippen LogP contribution in [-0.4, -0.2) is 39.5 Å². The third-order valence-electron chi connectivity index (χ3n) is 4.27. The Bertz CT molecular complexity index is 1070. The standard InChI is InChI=1S/C20H20N2O7S/c1-3-19(27-2)28-20(24)15-6-4-5-7-17(15)30(25,26)22-14-10-8-13(9-11-14)16-12-18(23)29-21-16/h4-11,19,22H,3,12H2,1-2H3. The van der Waals surface area contributed by atoms with E-state index in [1.807, 2.05) is 0 Å². The molecule has 1 heterocycles. The van der Waals surface area contributed by atoms with Gasteiger partial charge in [-0.15, -0.1) is 0 Å². The Labute approximate surface area is 173 Å². The van der Waals surface area contributed by atoms with Crippen LogP contribution in [0.4, 0.5) is 5.69 Å². The average Bonchev–Trinajstić information content (AvgIpc) is 3.18. The van der Waals surface area contributed by atoms with E-state index in [-0.39, 0.29) is 22.6 Å². The Morgan fingerprint density at radius 1 is 1.20 bits per heavy atom. The molecular weight excluding hydrogens is 412 g/mol. The third kappa shape index (κ3) is 4.84. The summed E-state index contributed by atoms with van der Waals surface area (Å²) in [7, 11) is -2.68. The molecule has 9 nitrogen and oxygen atoms in total. The molecule has 0 aromatic heterocycles. The van der Waals surface area contributed by atoms with Gasteiger partial charge in [0, 0.05) is 24.8 Å². The van der Waals surface area contributed by atoms with E-state index in [0.717, 1.165) is 0 Å². The molecular formula is C20H20N2O7S. The van der Waals surface area contributed by atoms with Gasteiger partial charge in [0.1, 0.15) is 4.90 Å². The number of hydrogen-bond acceptors (Lipinski definition) is 8. The van der Waals surface area contributed by atoms with Gasteiger partial charge < -0.3 is 14.3 Å². The number of anilines is 1. The smallest absolute Gasteiger partial charge is 0.341 e. The number of ether oxygens (including phenoxy) is 2. The van der Waals surface area contributed by atoms with Crippen LogP contribution in [0.3, 0.4) is 0 Å². The van der Waals surface area contributed by atoms with Gasteiger partial charge in [-0.3, -0.25) is 4.72 Å². The molecule has 1 atom stereocenters. The van der Waals surface area contributed by atoms with Gasteiger partial charge in [0.15, 0.2) is 0 Å². The molecule has 3 rings (SSSR count). The first-order valence-corrected chi connectivity index (χ1v) is 10.5. The lowest BCUT2D eigenvalue weighted by Gasteiger charge is -2.16. The Kier molecular flexibility index (Phi) is 6.48. The molecule has 30 heavy (non-hydrogen) atoms. The molecule has 0 amide bonds. The molecule has 2 aromatic rings. The fourth-order valence-corrected chi connectivity index (χ4v) is 4.01. The van der Waals surface area contributed by atoms with Gasteiger partial charge in [0.25, 0.3) is 10.0 Å². The predicted octanol–water partition coefficient (Wildman–Crippen LogP) is 2.68. The number of sulfonamides is 1. The van der Waals surface area contributed by atoms with Crippen molar-refractivity contribution in [1.29, 1.82) is 0 Å². The quantitative estimate of drug-likeness (QED) is 0.387. The summed E-state index contributed by atoms with van der Waals surface area (Å²) >= 11 is 0. The van der Waals surface area contributed by atoms with Gasteiger partial charge in [0.05, 0.1) is 17.7 Å². The zero-order valence-corrected chi connectivity index (χ0v) is 17.1. The van der Waals surface area contributed by atoms with E-state index in [9.17, 15) is 18.0 Å². The van der Waals surface area contributed by atoms with E-state index in [0.29, 0.717) is 17.7 Å². The van der Waals surface area contributed by atoms with Crippen molar-refractivity contribution in [1.82, 2.24) is 0 Å². The lowest BCUT2D eigenvalue weighted by atomic mass is 10.1. The summed E-state index contributed by atoms with van der Waals surface area (Å²) in [5.41, 5.74) is 1.27. The number of carbonyl (C=O) groups is 2. The van der Waals surface area contributed by atoms with Gasteiger partial charge in [0.2, 0.25) is 6.29 Å². The van der Waals surface area contributed by atoms with Crippen molar-refractivity contribution in [3.8, 4) is 0 Å². The number of benzene rings is 2. The zero-order chi connectivity index (χ0) is 21.7. The van der Waals surface area contributed by atoms with Crippen LogP contribution in [0.5, 0.6) is 0 Å². The average molecular weight is 432 g/mol. The van der Waals surface area contributed by atoms with E-state index in [2.05, 4.69) is 14.7 Å². The maximum Gasteiger partial charge on any atom is 0.341 e. The van der Waals surface area contributed by atoms with Crippen molar-refractivity contribution in [2.75, 3.05) is 11.8 Å². The molecule has 1 aliphatic rings. The van der Waals surface area contributed by atoms with E-state index < -0.39 is 28.3 Å². The molecule has 0 spiro atoms. The molecule has 10 heteroatoms. The summed E-state index contributed by atoms with van der Waals surface area (Å²) in [6, 6.07) is 12.0. The Morgan fingerprint density at radius 2 is 1.90 bits per heavy atom. The predicted molar refractivity (Wildman–Crippen MR) is 107 cm³/mol. The zero-order valence-electron chi connectivity index (χ0n) is 16.3. The van der Waals surface area contributed by atoms with Crippen molar-refractivity contribution in [2.45, 2.75) is 31.0 Å². The number of methoxy groups -OCH3 is 1. The van der Waals surface area contributed by atoms with Gasteiger partial charge in [-0.05, 0) is 24.3 Å². The van der Waals surface area contributed by atoms with Crippen LogP contribution < -0.4 is 4.72 Å². The molecule has 0 aliphatic carbocycles. The lowest BCUT2D eigenvalue weighted by molar-refractivity contribution is -0.140. The minimum atomic E-state index is -4.08. The van der Waals surface area contributed by atoms with E-state index in [1.54, 1.807) is 25.1 Å². The Morgan fingerprint density at radius 3 is 2.50 bits per heavy atom. The summed E-state index contributed by atoms with van der Waals surface area (Å²) in [6.07, 6.45) is -0.298. The topological polar surface area (TPSA) is 120 Å². The molecule has 1 unspecified atom stereocenters. The van der Waals surface area contributed by atoms with Crippen molar-refractivity contribution in [2.24, 2.45) is 5.16 Å². The highest BCUT2D eigenvalue weighted by molar-refractivity contribution is 7.92. The van der Waals surface area contributed by atoms with Gasteiger partial charge in [-0.1, -0.05) is 36.3 Å². The second kappa shape index (κ2) is 9.06. The molecule has 2 aromatic carbocycles. The number of oxime groups is 1. The van der Waals surface area contributed by atoms with E-state index >= 15 is 0 Å². The second-order valence-corrected chi connectivity index (χ2v) is 7.99.